The number of amides is 1. The van der Waals surface area contributed by atoms with Gasteiger partial charge in [0.1, 0.15) is 18.5 Å². The van der Waals surface area contributed by atoms with Gasteiger partial charge in [-0.05, 0) is 43.5 Å². The number of rotatable bonds is 8. The molecule has 2 aliphatic rings. The molecule has 1 aromatic heterocycles. The van der Waals surface area contributed by atoms with E-state index in [1.165, 1.54) is 18.2 Å². The van der Waals surface area contributed by atoms with Crippen LogP contribution in [0, 0.1) is 0 Å². The molecule has 1 saturated heterocycles. The predicted octanol–water partition coefficient (Wildman–Crippen LogP) is 3.31. The third-order valence-electron chi connectivity index (χ3n) is 6.01. The number of carbonyl (C=O) groups excluding carboxylic acids is 1. The lowest BCUT2D eigenvalue weighted by atomic mass is 10.1. The molecule has 1 atom stereocenters. The lowest BCUT2D eigenvalue weighted by Gasteiger charge is -2.28. The van der Waals surface area contributed by atoms with E-state index in [-0.39, 0.29) is 17.8 Å². The van der Waals surface area contributed by atoms with Gasteiger partial charge in [-0.1, -0.05) is 36.0 Å². The van der Waals surface area contributed by atoms with Crippen molar-refractivity contribution in [1.82, 2.24) is 20.1 Å². The van der Waals surface area contributed by atoms with Crippen LogP contribution < -0.4 is 24.4 Å². The minimum Gasteiger partial charge on any atom is -0.495 e. The molecule has 2 aromatic carbocycles. The van der Waals surface area contributed by atoms with Crippen LogP contribution in [0.5, 0.6) is 17.2 Å². The summed E-state index contributed by atoms with van der Waals surface area (Å²) in [5.74, 6) is 3.03. The average Bonchev–Trinajstić information content (AvgIpc) is 3.34. The van der Waals surface area contributed by atoms with Gasteiger partial charge in [0.25, 0.3) is 0 Å². The number of carbonyl (C=O) groups is 1. The molecule has 2 aliphatic heterocycles. The number of fused-ring (bicyclic) bond motifs is 1. The Balaban J connectivity index is 1.26. The molecule has 9 nitrogen and oxygen atoms in total. The Labute approximate surface area is 208 Å². The van der Waals surface area contributed by atoms with Crippen molar-refractivity contribution in [1.29, 1.82) is 0 Å². The van der Waals surface area contributed by atoms with Crippen LogP contribution in [0.15, 0.2) is 53.7 Å². The number of benzene rings is 2. The molecule has 3 aromatic rings. The zero-order chi connectivity index (χ0) is 24.0. The van der Waals surface area contributed by atoms with Crippen molar-refractivity contribution in [2.45, 2.75) is 30.5 Å². The molecule has 3 heterocycles. The van der Waals surface area contributed by atoms with E-state index >= 15 is 0 Å². The van der Waals surface area contributed by atoms with Crippen molar-refractivity contribution >= 4 is 23.6 Å². The van der Waals surface area contributed by atoms with E-state index in [1.54, 1.807) is 7.11 Å². The lowest BCUT2D eigenvalue weighted by molar-refractivity contribution is -0.119. The van der Waals surface area contributed by atoms with Crippen molar-refractivity contribution in [2.75, 3.05) is 44.0 Å². The first kappa shape index (κ1) is 23.3. The second kappa shape index (κ2) is 10.9. The van der Waals surface area contributed by atoms with Crippen molar-refractivity contribution in [3.63, 3.8) is 0 Å². The number of hydrogen-bond donors (Lipinski definition) is 1. The number of hydrogen-bond acceptors (Lipinski definition) is 8. The standard InChI is InChI=1S/C25H29N5O4S/c1-32-20-10-4-3-9-19(20)30-24(29-13-7-2-8-14-29)27-28-25(30)35-17-23(31)26-15-18-16-33-21-11-5-6-12-22(21)34-18/h3-6,9-12,18H,2,7-8,13-17H2,1H3,(H,26,31)/t18-/m0/s1. The summed E-state index contributed by atoms with van der Waals surface area (Å²) < 4.78 is 19.3. The Bertz CT molecular complexity index is 1160. The van der Waals surface area contributed by atoms with Crippen LogP contribution >= 0.6 is 11.8 Å². The molecule has 0 unspecified atom stereocenters. The zero-order valence-corrected chi connectivity index (χ0v) is 20.5. The van der Waals surface area contributed by atoms with E-state index in [2.05, 4.69) is 20.4 Å². The second-order valence-electron chi connectivity index (χ2n) is 8.43. The maximum absolute atomic E-state index is 12.7. The summed E-state index contributed by atoms with van der Waals surface area (Å²) >= 11 is 1.35. The van der Waals surface area contributed by atoms with Crippen molar-refractivity contribution < 1.29 is 19.0 Å². The summed E-state index contributed by atoms with van der Waals surface area (Å²) in [6, 6.07) is 15.3. The van der Waals surface area contributed by atoms with Crippen molar-refractivity contribution in [3.05, 3.63) is 48.5 Å². The number of aromatic nitrogens is 3. The number of methoxy groups -OCH3 is 1. The molecule has 10 heteroatoms. The average molecular weight is 496 g/mol. The van der Waals surface area contributed by atoms with Crippen molar-refractivity contribution in [3.8, 4) is 22.9 Å². The van der Waals surface area contributed by atoms with Gasteiger partial charge in [0.05, 0.1) is 25.1 Å². The molecule has 0 saturated carbocycles. The van der Waals surface area contributed by atoms with Crippen molar-refractivity contribution in [2.24, 2.45) is 0 Å². The van der Waals surface area contributed by atoms with Gasteiger partial charge in [0.2, 0.25) is 11.9 Å². The van der Waals surface area contributed by atoms with Gasteiger partial charge >= 0.3 is 0 Å². The Hall–Kier alpha value is -3.40. The summed E-state index contributed by atoms with van der Waals surface area (Å²) in [6.07, 6.45) is 3.24. The maximum atomic E-state index is 12.7. The van der Waals surface area contributed by atoms with E-state index in [0.717, 1.165) is 49.1 Å². The molecule has 184 valence electrons. The van der Waals surface area contributed by atoms with Crippen LogP contribution in [-0.2, 0) is 4.79 Å². The van der Waals surface area contributed by atoms with E-state index in [1.807, 2.05) is 53.1 Å². The van der Waals surface area contributed by atoms with Crippen LogP contribution in [0.25, 0.3) is 5.69 Å². The highest BCUT2D eigenvalue weighted by atomic mass is 32.2. The molecule has 0 spiro atoms. The molecular formula is C25H29N5O4S. The molecule has 5 rings (SSSR count). The van der Waals surface area contributed by atoms with Crippen LogP contribution in [0.2, 0.25) is 0 Å². The van der Waals surface area contributed by atoms with Crippen LogP contribution in [-0.4, -0.2) is 65.9 Å². The number of thioether (sulfide) groups is 1. The first-order valence-corrected chi connectivity index (χ1v) is 12.8. The van der Waals surface area contributed by atoms with E-state index in [4.69, 9.17) is 14.2 Å². The Morgan fingerprint density at radius 2 is 1.86 bits per heavy atom. The van der Waals surface area contributed by atoms with Crippen LogP contribution in [0.1, 0.15) is 19.3 Å². The highest BCUT2D eigenvalue weighted by molar-refractivity contribution is 7.99. The smallest absolute Gasteiger partial charge is 0.232 e. The summed E-state index contributed by atoms with van der Waals surface area (Å²) in [5.41, 5.74) is 0.856. The van der Waals surface area contributed by atoms with E-state index < -0.39 is 0 Å². The minimum atomic E-state index is -0.234. The zero-order valence-electron chi connectivity index (χ0n) is 19.7. The molecule has 1 N–H and O–H groups in total. The Morgan fingerprint density at radius 3 is 2.69 bits per heavy atom. The van der Waals surface area contributed by atoms with Gasteiger partial charge in [0, 0.05) is 13.1 Å². The van der Waals surface area contributed by atoms with Gasteiger partial charge in [-0.3, -0.25) is 9.36 Å². The molecular weight excluding hydrogens is 466 g/mol. The topological polar surface area (TPSA) is 90.7 Å². The number of nitrogens with one attached hydrogen (secondary N) is 1. The van der Waals surface area contributed by atoms with Gasteiger partial charge < -0.3 is 24.4 Å². The number of nitrogens with zero attached hydrogens (tertiary/aromatic N) is 4. The molecule has 1 amide bonds. The van der Waals surface area contributed by atoms with Gasteiger partial charge in [-0.15, -0.1) is 10.2 Å². The molecule has 0 radical (unpaired) electrons. The third-order valence-corrected chi connectivity index (χ3v) is 6.94. The highest BCUT2D eigenvalue weighted by Gasteiger charge is 2.25. The molecule has 0 bridgehead atoms. The van der Waals surface area contributed by atoms with Gasteiger partial charge in [-0.25, -0.2) is 0 Å². The maximum Gasteiger partial charge on any atom is 0.232 e. The molecule has 1 fully saturated rings. The highest BCUT2D eigenvalue weighted by Crippen LogP contribution is 2.33. The number of ether oxygens (including phenoxy) is 3. The van der Waals surface area contributed by atoms with Crippen LogP contribution in [0.3, 0.4) is 0 Å². The summed E-state index contributed by atoms with van der Waals surface area (Å²) in [4.78, 5) is 14.9. The van der Waals surface area contributed by atoms with Gasteiger partial charge in [-0.2, -0.15) is 0 Å². The van der Waals surface area contributed by atoms with Gasteiger partial charge in [0.15, 0.2) is 16.7 Å². The number of piperidine rings is 1. The lowest BCUT2D eigenvalue weighted by Crippen LogP contribution is -2.41. The fraction of sp³-hybridized carbons (Fsp3) is 0.400. The van der Waals surface area contributed by atoms with E-state index in [0.29, 0.717) is 24.1 Å². The first-order chi connectivity index (χ1) is 17.2. The fourth-order valence-electron chi connectivity index (χ4n) is 4.25. The fourth-order valence-corrected chi connectivity index (χ4v) is 5.02. The molecule has 0 aliphatic carbocycles. The van der Waals surface area contributed by atoms with E-state index in [9.17, 15) is 4.79 Å². The SMILES string of the molecule is COc1ccccc1-n1c(SCC(=O)NC[C@H]2COc3ccccc3O2)nnc1N1CCCCC1. The first-order valence-electron chi connectivity index (χ1n) is 11.8. The largest absolute Gasteiger partial charge is 0.495 e. The Kier molecular flexibility index (Phi) is 7.27. The summed E-state index contributed by atoms with van der Waals surface area (Å²) in [5, 5.41) is 12.5. The monoisotopic (exact) mass is 495 g/mol. The predicted molar refractivity (Wildman–Crippen MR) is 134 cm³/mol. The normalized spacial score (nSPS) is 17.2. The number of anilines is 1. The summed E-state index contributed by atoms with van der Waals surface area (Å²) in [6.45, 7) is 2.63. The Morgan fingerprint density at radius 1 is 1.09 bits per heavy atom. The third kappa shape index (κ3) is 5.32. The summed E-state index contributed by atoms with van der Waals surface area (Å²) in [7, 11) is 1.65. The van der Waals surface area contributed by atoms with Crippen LogP contribution in [0.4, 0.5) is 5.95 Å². The molecule has 35 heavy (non-hydrogen) atoms. The minimum absolute atomic E-state index is 0.105. The quantitative estimate of drug-likeness (QED) is 0.476. The number of para-hydroxylation sites is 4. The second-order valence-corrected chi connectivity index (χ2v) is 9.37.